The highest BCUT2D eigenvalue weighted by molar-refractivity contribution is 6.13. The van der Waals surface area contributed by atoms with Crippen LogP contribution < -0.4 is 10.6 Å². The van der Waals surface area contributed by atoms with Crippen molar-refractivity contribution in [3.63, 3.8) is 0 Å². The van der Waals surface area contributed by atoms with Crippen molar-refractivity contribution in [2.24, 2.45) is 5.41 Å². The minimum absolute atomic E-state index is 0.235. The minimum atomic E-state index is -0.941. The van der Waals surface area contributed by atoms with Gasteiger partial charge in [0.2, 0.25) is 11.8 Å². The largest absolute Gasteiger partial charge is 0.467 e. The molecule has 1 saturated carbocycles. The van der Waals surface area contributed by atoms with Crippen LogP contribution in [0.1, 0.15) is 29.7 Å². The van der Waals surface area contributed by atoms with Gasteiger partial charge >= 0.3 is 0 Å². The van der Waals surface area contributed by atoms with Crippen LogP contribution >= 0.6 is 0 Å². The van der Waals surface area contributed by atoms with Gasteiger partial charge in [-0.2, -0.15) is 0 Å². The molecule has 2 aromatic rings. The topological polar surface area (TPSA) is 71.3 Å². The Bertz CT molecular complexity index is 731. The number of carbonyl (C=O) groups is 2. The molecule has 0 saturated heterocycles. The van der Waals surface area contributed by atoms with Gasteiger partial charge in [0.25, 0.3) is 0 Å². The van der Waals surface area contributed by atoms with Crippen LogP contribution in [0.4, 0.5) is 5.69 Å². The summed E-state index contributed by atoms with van der Waals surface area (Å²) in [4.78, 5) is 24.9. The monoisotopic (exact) mass is 312 g/mol. The minimum Gasteiger partial charge on any atom is -0.467 e. The molecule has 1 heterocycles. The molecule has 5 nitrogen and oxygen atoms in total. The number of aryl methyl sites for hydroxylation is 2. The van der Waals surface area contributed by atoms with Crippen LogP contribution in [0.15, 0.2) is 41.0 Å². The number of furan rings is 1. The molecule has 2 amide bonds. The van der Waals surface area contributed by atoms with Crippen molar-refractivity contribution in [2.75, 3.05) is 5.32 Å². The van der Waals surface area contributed by atoms with E-state index in [-0.39, 0.29) is 11.8 Å². The molecule has 0 aliphatic heterocycles. The third kappa shape index (κ3) is 3.13. The smallest absolute Gasteiger partial charge is 0.240 e. The van der Waals surface area contributed by atoms with Crippen LogP contribution in [0, 0.1) is 19.3 Å². The van der Waals surface area contributed by atoms with Gasteiger partial charge < -0.3 is 15.1 Å². The predicted molar refractivity (Wildman–Crippen MR) is 86.8 cm³/mol. The molecule has 1 aliphatic rings. The van der Waals surface area contributed by atoms with E-state index in [1.54, 1.807) is 18.4 Å². The Kier molecular flexibility index (Phi) is 3.94. The first-order valence-corrected chi connectivity index (χ1v) is 7.71. The molecular formula is C18H20N2O3. The first-order chi connectivity index (χ1) is 11.0. The van der Waals surface area contributed by atoms with E-state index in [1.165, 1.54) is 0 Å². The van der Waals surface area contributed by atoms with Crippen LogP contribution in [0.3, 0.4) is 0 Å². The molecule has 1 aromatic carbocycles. The number of rotatable bonds is 5. The summed E-state index contributed by atoms with van der Waals surface area (Å²) in [5.41, 5.74) is 1.94. The maximum absolute atomic E-state index is 12.5. The van der Waals surface area contributed by atoms with Gasteiger partial charge in [0.05, 0.1) is 12.8 Å². The van der Waals surface area contributed by atoms with Crippen molar-refractivity contribution in [1.82, 2.24) is 5.32 Å². The lowest BCUT2D eigenvalue weighted by Gasteiger charge is -2.16. The second-order valence-corrected chi connectivity index (χ2v) is 6.12. The van der Waals surface area contributed by atoms with Crippen molar-refractivity contribution < 1.29 is 14.0 Å². The second kappa shape index (κ2) is 5.91. The molecule has 0 unspecified atom stereocenters. The molecule has 0 atom stereocenters. The third-order valence-corrected chi connectivity index (χ3v) is 4.25. The Labute approximate surface area is 135 Å². The molecule has 0 bridgehead atoms. The Balaban J connectivity index is 1.64. The number of benzene rings is 1. The van der Waals surface area contributed by atoms with E-state index < -0.39 is 5.41 Å². The highest BCUT2D eigenvalue weighted by Crippen LogP contribution is 2.47. The summed E-state index contributed by atoms with van der Waals surface area (Å²) in [7, 11) is 0. The van der Waals surface area contributed by atoms with Gasteiger partial charge in [-0.05, 0) is 50.5 Å². The van der Waals surface area contributed by atoms with Crippen molar-refractivity contribution in [2.45, 2.75) is 33.2 Å². The lowest BCUT2D eigenvalue weighted by atomic mass is 10.0. The average molecular weight is 312 g/mol. The first kappa shape index (κ1) is 15.3. The zero-order chi connectivity index (χ0) is 16.4. The van der Waals surface area contributed by atoms with E-state index in [9.17, 15) is 9.59 Å². The number of nitrogens with one attached hydrogen (secondary N) is 2. The summed E-state index contributed by atoms with van der Waals surface area (Å²) in [5.74, 6) is 0.196. The van der Waals surface area contributed by atoms with Gasteiger partial charge in [-0.1, -0.05) is 17.7 Å². The number of carbonyl (C=O) groups excluding carboxylic acids is 2. The van der Waals surface area contributed by atoms with Crippen LogP contribution in [0.5, 0.6) is 0 Å². The summed E-state index contributed by atoms with van der Waals surface area (Å²) in [6, 6.07) is 9.38. The fourth-order valence-electron chi connectivity index (χ4n) is 2.63. The van der Waals surface area contributed by atoms with E-state index in [4.69, 9.17) is 4.42 Å². The second-order valence-electron chi connectivity index (χ2n) is 6.12. The van der Waals surface area contributed by atoms with Crippen molar-refractivity contribution in [1.29, 1.82) is 0 Å². The maximum Gasteiger partial charge on any atom is 0.240 e. The molecule has 1 aromatic heterocycles. The van der Waals surface area contributed by atoms with Gasteiger partial charge in [-0.3, -0.25) is 9.59 Å². The molecule has 3 rings (SSSR count). The zero-order valence-electron chi connectivity index (χ0n) is 13.3. The molecule has 0 radical (unpaired) electrons. The third-order valence-electron chi connectivity index (χ3n) is 4.25. The standard InChI is InChI=1S/C18H20N2O3/c1-12-5-6-15(13(2)10-12)20-17(22)18(7-8-18)16(21)19-11-14-4-3-9-23-14/h3-6,9-10H,7-8,11H2,1-2H3,(H,19,21)(H,20,22). The van der Waals surface area contributed by atoms with Crippen LogP contribution in [0.2, 0.25) is 0 Å². The maximum atomic E-state index is 12.5. The SMILES string of the molecule is Cc1ccc(NC(=O)C2(C(=O)NCc3ccco3)CC2)c(C)c1. The highest BCUT2D eigenvalue weighted by atomic mass is 16.3. The molecule has 5 heteroatoms. The van der Waals surface area contributed by atoms with E-state index in [0.717, 1.165) is 16.8 Å². The summed E-state index contributed by atoms with van der Waals surface area (Å²) >= 11 is 0. The van der Waals surface area contributed by atoms with Crippen molar-refractivity contribution in [3.05, 3.63) is 53.5 Å². The average Bonchev–Trinajstić information content (AvgIpc) is 3.17. The fourth-order valence-corrected chi connectivity index (χ4v) is 2.63. The molecular weight excluding hydrogens is 292 g/mol. The van der Waals surface area contributed by atoms with E-state index >= 15 is 0 Å². The molecule has 1 fully saturated rings. The van der Waals surface area contributed by atoms with Gasteiger partial charge in [0.15, 0.2) is 0 Å². The predicted octanol–water partition coefficient (Wildman–Crippen LogP) is 2.93. The Morgan fingerprint density at radius 2 is 1.96 bits per heavy atom. The van der Waals surface area contributed by atoms with Gasteiger partial charge in [-0.25, -0.2) is 0 Å². The Morgan fingerprint density at radius 1 is 1.17 bits per heavy atom. The first-order valence-electron chi connectivity index (χ1n) is 7.71. The summed E-state index contributed by atoms with van der Waals surface area (Å²) in [5, 5.41) is 5.68. The van der Waals surface area contributed by atoms with Crippen molar-refractivity contribution >= 4 is 17.5 Å². The molecule has 120 valence electrons. The molecule has 1 aliphatic carbocycles. The van der Waals surface area contributed by atoms with E-state index in [2.05, 4.69) is 10.6 Å². The lowest BCUT2D eigenvalue weighted by molar-refractivity contribution is -0.134. The fraction of sp³-hybridized carbons (Fsp3) is 0.333. The Morgan fingerprint density at radius 3 is 2.57 bits per heavy atom. The Hall–Kier alpha value is -2.56. The molecule has 23 heavy (non-hydrogen) atoms. The number of anilines is 1. The molecule has 0 spiro atoms. The van der Waals surface area contributed by atoms with Gasteiger partial charge in [0, 0.05) is 5.69 Å². The number of amides is 2. The molecule has 2 N–H and O–H groups in total. The summed E-state index contributed by atoms with van der Waals surface area (Å²) < 4.78 is 5.18. The zero-order valence-corrected chi connectivity index (χ0v) is 13.3. The summed E-state index contributed by atoms with van der Waals surface area (Å²) in [6.07, 6.45) is 2.71. The normalized spacial score (nSPS) is 15.0. The highest BCUT2D eigenvalue weighted by Gasteiger charge is 2.56. The van der Waals surface area contributed by atoms with Gasteiger partial charge in [-0.15, -0.1) is 0 Å². The lowest BCUT2D eigenvalue weighted by Crippen LogP contribution is -2.39. The van der Waals surface area contributed by atoms with E-state index in [0.29, 0.717) is 25.1 Å². The number of hydrogen-bond acceptors (Lipinski definition) is 3. The van der Waals surface area contributed by atoms with Crippen LogP contribution in [-0.4, -0.2) is 11.8 Å². The van der Waals surface area contributed by atoms with Crippen molar-refractivity contribution in [3.8, 4) is 0 Å². The van der Waals surface area contributed by atoms with Crippen LogP contribution in [-0.2, 0) is 16.1 Å². The van der Waals surface area contributed by atoms with Gasteiger partial charge in [0.1, 0.15) is 11.2 Å². The van der Waals surface area contributed by atoms with Crippen LogP contribution in [0.25, 0.3) is 0 Å². The quantitative estimate of drug-likeness (QED) is 0.834. The van der Waals surface area contributed by atoms with E-state index in [1.807, 2.05) is 32.0 Å². The summed E-state index contributed by atoms with van der Waals surface area (Å²) in [6.45, 7) is 4.24. The number of hydrogen-bond donors (Lipinski definition) is 2.